The van der Waals surface area contributed by atoms with Crippen LogP contribution in [-0.2, 0) is 26.2 Å². The van der Waals surface area contributed by atoms with Gasteiger partial charge >= 0.3 is 0 Å². The number of anilines is 1. The number of aryl methyl sites for hydroxylation is 3. The Balaban J connectivity index is 2.42. The molecule has 2 aromatic rings. The fraction of sp³-hybridized carbons (Fsp3) is 0.462. The number of hydrogen-bond acceptors (Lipinski definition) is 4. The number of nitrogens with one attached hydrogen (secondary N) is 1. The molecule has 0 aliphatic heterocycles. The van der Waals surface area contributed by atoms with Crippen LogP contribution in [0.5, 0.6) is 0 Å². The molecule has 0 bridgehead atoms. The van der Waals surface area contributed by atoms with Crippen LogP contribution in [-0.4, -0.2) is 50.0 Å². The SMILES string of the molecule is CC[C@H](C)NC(=O)[C@H](C)N(Cc1ccc(C)cc1)C(=O)CN(c1cc(C)ccc1C)S(C)(=O)=O. The molecule has 0 heterocycles. The van der Waals surface area contributed by atoms with Crippen LogP contribution in [0.25, 0.3) is 0 Å². The zero-order valence-electron chi connectivity index (χ0n) is 21.3. The number of carbonyl (C=O) groups excluding carboxylic acids is 2. The fourth-order valence-corrected chi connectivity index (χ4v) is 4.42. The molecule has 0 spiro atoms. The topological polar surface area (TPSA) is 86.8 Å². The average molecular weight is 488 g/mol. The fourth-order valence-electron chi connectivity index (χ4n) is 3.52. The van der Waals surface area contributed by atoms with E-state index in [0.717, 1.165) is 39.2 Å². The van der Waals surface area contributed by atoms with E-state index in [1.165, 1.54) is 4.90 Å². The second kappa shape index (κ2) is 11.5. The van der Waals surface area contributed by atoms with Gasteiger partial charge in [0.2, 0.25) is 21.8 Å². The lowest BCUT2D eigenvalue weighted by Gasteiger charge is -2.32. The number of sulfonamides is 1. The first kappa shape index (κ1) is 27.4. The molecule has 2 rings (SSSR count). The zero-order valence-corrected chi connectivity index (χ0v) is 22.1. The molecule has 0 saturated carbocycles. The van der Waals surface area contributed by atoms with Crippen molar-refractivity contribution in [3.8, 4) is 0 Å². The number of hydrogen-bond donors (Lipinski definition) is 1. The normalized spacial score (nSPS) is 13.1. The van der Waals surface area contributed by atoms with Crippen molar-refractivity contribution in [3.05, 3.63) is 64.7 Å². The van der Waals surface area contributed by atoms with E-state index in [0.29, 0.717) is 5.69 Å². The van der Waals surface area contributed by atoms with Gasteiger partial charge in [-0.3, -0.25) is 13.9 Å². The average Bonchev–Trinajstić information content (AvgIpc) is 2.77. The summed E-state index contributed by atoms with van der Waals surface area (Å²) < 4.78 is 26.6. The van der Waals surface area contributed by atoms with Crippen LogP contribution in [0.2, 0.25) is 0 Å². The summed E-state index contributed by atoms with van der Waals surface area (Å²) in [5, 5.41) is 2.93. The molecule has 0 aliphatic rings. The van der Waals surface area contributed by atoms with Crippen molar-refractivity contribution in [3.63, 3.8) is 0 Å². The Morgan fingerprint density at radius 2 is 1.56 bits per heavy atom. The van der Waals surface area contributed by atoms with Crippen molar-refractivity contribution in [1.82, 2.24) is 10.2 Å². The molecule has 0 aliphatic carbocycles. The Morgan fingerprint density at radius 1 is 0.971 bits per heavy atom. The molecule has 0 fully saturated rings. The minimum absolute atomic E-state index is 0.0336. The number of nitrogens with zero attached hydrogens (tertiary/aromatic N) is 2. The van der Waals surface area contributed by atoms with Crippen LogP contribution in [0, 0.1) is 20.8 Å². The maximum atomic E-state index is 13.6. The second-order valence-corrected chi connectivity index (χ2v) is 11.0. The van der Waals surface area contributed by atoms with Gasteiger partial charge in [-0.1, -0.05) is 48.9 Å². The lowest BCUT2D eigenvalue weighted by atomic mass is 10.1. The second-order valence-electron chi connectivity index (χ2n) is 9.06. The highest BCUT2D eigenvalue weighted by atomic mass is 32.2. The van der Waals surface area contributed by atoms with Crippen molar-refractivity contribution in [2.45, 2.75) is 66.6 Å². The van der Waals surface area contributed by atoms with Crippen LogP contribution in [0.4, 0.5) is 5.69 Å². The van der Waals surface area contributed by atoms with Gasteiger partial charge in [0.15, 0.2) is 0 Å². The Morgan fingerprint density at radius 3 is 2.12 bits per heavy atom. The van der Waals surface area contributed by atoms with Gasteiger partial charge in [-0.25, -0.2) is 8.42 Å². The monoisotopic (exact) mass is 487 g/mol. The molecule has 2 aromatic carbocycles. The number of rotatable bonds is 10. The third-order valence-corrected chi connectivity index (χ3v) is 7.08. The molecule has 8 heteroatoms. The first-order valence-corrected chi connectivity index (χ1v) is 13.4. The van der Waals surface area contributed by atoms with E-state index in [4.69, 9.17) is 0 Å². The van der Waals surface area contributed by atoms with Gasteiger partial charge in [-0.15, -0.1) is 0 Å². The summed E-state index contributed by atoms with van der Waals surface area (Å²) in [5.41, 5.74) is 4.04. The van der Waals surface area contributed by atoms with Crippen molar-refractivity contribution >= 4 is 27.5 Å². The van der Waals surface area contributed by atoms with Gasteiger partial charge in [-0.2, -0.15) is 0 Å². The van der Waals surface area contributed by atoms with E-state index in [-0.39, 0.29) is 18.5 Å². The molecule has 0 unspecified atom stereocenters. The van der Waals surface area contributed by atoms with E-state index in [1.54, 1.807) is 13.0 Å². The van der Waals surface area contributed by atoms with E-state index < -0.39 is 28.5 Å². The number of benzene rings is 2. The molecule has 2 atom stereocenters. The van der Waals surface area contributed by atoms with E-state index in [2.05, 4.69) is 5.32 Å². The maximum Gasteiger partial charge on any atom is 0.244 e. The van der Waals surface area contributed by atoms with Crippen molar-refractivity contribution in [1.29, 1.82) is 0 Å². The third-order valence-electron chi connectivity index (χ3n) is 5.95. The van der Waals surface area contributed by atoms with Crippen LogP contribution >= 0.6 is 0 Å². The Bertz CT molecular complexity index is 1110. The van der Waals surface area contributed by atoms with E-state index in [1.807, 2.05) is 71.0 Å². The standard InChI is InChI=1S/C26H37N3O4S/c1-8-21(5)27-26(31)22(6)28(16-23-13-10-18(2)11-14-23)25(30)17-29(34(7,32)33)24-15-19(3)9-12-20(24)4/h9-15,21-22H,8,16-17H2,1-7H3,(H,27,31)/t21-,22-/m0/s1. The van der Waals surface area contributed by atoms with Crippen LogP contribution in [0.3, 0.4) is 0 Å². The zero-order chi connectivity index (χ0) is 25.6. The summed E-state index contributed by atoms with van der Waals surface area (Å²) in [5.74, 6) is -0.717. The first-order valence-electron chi connectivity index (χ1n) is 11.5. The number of carbonyl (C=O) groups is 2. The molecule has 7 nitrogen and oxygen atoms in total. The highest BCUT2D eigenvalue weighted by molar-refractivity contribution is 7.92. The predicted octanol–water partition coefficient (Wildman–Crippen LogP) is 3.71. The quantitative estimate of drug-likeness (QED) is 0.554. The summed E-state index contributed by atoms with van der Waals surface area (Å²) in [6, 6.07) is 12.4. The van der Waals surface area contributed by atoms with Gasteiger partial charge < -0.3 is 10.2 Å². The van der Waals surface area contributed by atoms with Crippen LogP contribution < -0.4 is 9.62 Å². The van der Waals surface area contributed by atoms with Gasteiger partial charge in [-0.05, 0) is 63.8 Å². The smallest absolute Gasteiger partial charge is 0.244 e. The molecule has 2 amide bonds. The molecular formula is C26H37N3O4S. The van der Waals surface area contributed by atoms with Crippen molar-refractivity contribution in [2.24, 2.45) is 0 Å². The third kappa shape index (κ3) is 7.32. The minimum Gasteiger partial charge on any atom is -0.352 e. The summed E-state index contributed by atoms with van der Waals surface area (Å²) in [6.07, 6.45) is 1.85. The van der Waals surface area contributed by atoms with Gasteiger partial charge in [0, 0.05) is 12.6 Å². The van der Waals surface area contributed by atoms with Crippen molar-refractivity contribution < 1.29 is 18.0 Å². The van der Waals surface area contributed by atoms with Gasteiger partial charge in [0.1, 0.15) is 12.6 Å². The van der Waals surface area contributed by atoms with E-state index >= 15 is 0 Å². The highest BCUT2D eigenvalue weighted by Crippen LogP contribution is 2.24. The van der Waals surface area contributed by atoms with Gasteiger partial charge in [0.05, 0.1) is 11.9 Å². The summed E-state index contributed by atoms with van der Waals surface area (Å²) in [4.78, 5) is 27.9. The summed E-state index contributed by atoms with van der Waals surface area (Å²) in [6.45, 7) is 11.0. The molecule has 34 heavy (non-hydrogen) atoms. The Kier molecular flexibility index (Phi) is 9.27. The van der Waals surface area contributed by atoms with E-state index in [9.17, 15) is 18.0 Å². The summed E-state index contributed by atoms with van der Waals surface area (Å²) >= 11 is 0. The largest absolute Gasteiger partial charge is 0.352 e. The van der Waals surface area contributed by atoms with Crippen LogP contribution in [0.15, 0.2) is 42.5 Å². The first-order chi connectivity index (χ1) is 15.8. The maximum absolute atomic E-state index is 13.6. The minimum atomic E-state index is -3.75. The Labute approximate surface area is 204 Å². The Hall–Kier alpha value is -2.87. The molecule has 0 saturated heterocycles. The lowest BCUT2D eigenvalue weighted by molar-refractivity contribution is -0.139. The summed E-state index contributed by atoms with van der Waals surface area (Å²) in [7, 11) is -3.75. The molecule has 0 aromatic heterocycles. The molecule has 0 radical (unpaired) electrons. The lowest BCUT2D eigenvalue weighted by Crippen LogP contribution is -2.52. The predicted molar refractivity (Wildman–Crippen MR) is 137 cm³/mol. The highest BCUT2D eigenvalue weighted by Gasteiger charge is 2.31. The molecule has 186 valence electrons. The molecular weight excluding hydrogens is 450 g/mol. The van der Waals surface area contributed by atoms with Crippen LogP contribution in [0.1, 0.15) is 49.4 Å². The number of amides is 2. The molecule has 1 N–H and O–H groups in total. The van der Waals surface area contributed by atoms with Crippen molar-refractivity contribution in [2.75, 3.05) is 17.1 Å². The van der Waals surface area contributed by atoms with Gasteiger partial charge in [0.25, 0.3) is 0 Å².